The molecule has 0 spiro atoms. The van der Waals surface area contributed by atoms with E-state index < -0.39 is 12.1 Å². The lowest BCUT2D eigenvalue weighted by Gasteiger charge is -2.26. The highest BCUT2D eigenvalue weighted by molar-refractivity contribution is 5.81. The molecule has 0 aromatic carbocycles. The molecule has 0 saturated heterocycles. The number of hydrogen-bond donors (Lipinski definition) is 1. The van der Waals surface area contributed by atoms with E-state index in [1.54, 1.807) is 0 Å². The number of aliphatic hydroxyl groups is 1. The Bertz CT molecular complexity index is 325. The van der Waals surface area contributed by atoms with Gasteiger partial charge in [-0.3, -0.25) is 0 Å². The topological polar surface area (TPSA) is 46.5 Å². The van der Waals surface area contributed by atoms with Crippen LogP contribution in [-0.2, 0) is 9.53 Å². The molecule has 3 saturated carbocycles. The van der Waals surface area contributed by atoms with Crippen LogP contribution in [0.15, 0.2) is 12.7 Å². The van der Waals surface area contributed by atoms with E-state index in [-0.39, 0.29) is 6.10 Å². The fourth-order valence-electron chi connectivity index (χ4n) is 4.31. The number of hydrogen-bond acceptors (Lipinski definition) is 3. The molecule has 88 valence electrons. The second-order valence-electron chi connectivity index (χ2n) is 5.48. The van der Waals surface area contributed by atoms with Gasteiger partial charge in [-0.2, -0.15) is 0 Å². The second-order valence-corrected chi connectivity index (χ2v) is 5.48. The number of carbonyl (C=O) groups excluding carboxylic acids is 1. The molecule has 3 rings (SSSR count). The molecule has 1 N–H and O–H groups in total. The first-order valence-corrected chi connectivity index (χ1v) is 6.22. The Morgan fingerprint density at radius 3 is 2.75 bits per heavy atom. The molecule has 6 unspecified atom stereocenters. The van der Waals surface area contributed by atoms with Crippen LogP contribution in [0.5, 0.6) is 0 Å². The van der Waals surface area contributed by atoms with Crippen LogP contribution < -0.4 is 0 Å². The zero-order valence-electron chi connectivity index (χ0n) is 9.34. The third-order valence-corrected chi connectivity index (χ3v) is 4.87. The van der Waals surface area contributed by atoms with Crippen LogP contribution in [0.2, 0.25) is 0 Å². The highest BCUT2D eigenvalue weighted by atomic mass is 16.6. The lowest BCUT2D eigenvalue weighted by molar-refractivity contribution is -0.148. The highest BCUT2D eigenvalue weighted by Crippen LogP contribution is 2.59. The Kier molecular flexibility index (Phi) is 2.32. The van der Waals surface area contributed by atoms with Crippen molar-refractivity contribution in [3.63, 3.8) is 0 Å². The van der Waals surface area contributed by atoms with Gasteiger partial charge in [0, 0.05) is 6.08 Å². The third kappa shape index (κ3) is 1.34. The van der Waals surface area contributed by atoms with Crippen molar-refractivity contribution in [2.24, 2.45) is 23.7 Å². The average molecular weight is 222 g/mol. The van der Waals surface area contributed by atoms with Crippen LogP contribution in [0.1, 0.15) is 25.7 Å². The molecule has 16 heavy (non-hydrogen) atoms. The molecule has 0 radical (unpaired) electrons. The van der Waals surface area contributed by atoms with Crippen molar-refractivity contribution >= 4 is 5.97 Å². The van der Waals surface area contributed by atoms with E-state index in [2.05, 4.69) is 6.58 Å². The summed E-state index contributed by atoms with van der Waals surface area (Å²) in [6, 6.07) is 0. The number of esters is 1. The van der Waals surface area contributed by atoms with Crippen LogP contribution in [0.3, 0.4) is 0 Å². The molecule has 3 aliphatic carbocycles. The van der Waals surface area contributed by atoms with Crippen molar-refractivity contribution in [1.29, 1.82) is 0 Å². The molecule has 0 heterocycles. The smallest absolute Gasteiger partial charge is 0.330 e. The summed E-state index contributed by atoms with van der Waals surface area (Å²) in [5, 5.41) is 10.2. The number of rotatable bonds is 2. The maximum absolute atomic E-state index is 11.2. The normalized spacial score (nSPS) is 49.1. The fourth-order valence-corrected chi connectivity index (χ4v) is 4.31. The maximum atomic E-state index is 11.2. The summed E-state index contributed by atoms with van der Waals surface area (Å²) in [5.41, 5.74) is 0. The van der Waals surface area contributed by atoms with Gasteiger partial charge in [-0.25, -0.2) is 4.79 Å². The molecule has 3 nitrogen and oxygen atoms in total. The second kappa shape index (κ2) is 3.59. The molecule has 0 aliphatic heterocycles. The van der Waals surface area contributed by atoms with E-state index in [0.717, 1.165) is 12.3 Å². The van der Waals surface area contributed by atoms with Gasteiger partial charge in [0.15, 0.2) is 0 Å². The van der Waals surface area contributed by atoms with Gasteiger partial charge in [0.2, 0.25) is 0 Å². The summed E-state index contributed by atoms with van der Waals surface area (Å²) in [6.45, 7) is 3.39. The van der Waals surface area contributed by atoms with Gasteiger partial charge < -0.3 is 9.84 Å². The van der Waals surface area contributed by atoms with Gasteiger partial charge in [-0.1, -0.05) is 6.58 Å². The summed E-state index contributed by atoms with van der Waals surface area (Å²) in [5.74, 6) is 2.03. The Hall–Kier alpha value is -0.830. The zero-order valence-corrected chi connectivity index (χ0v) is 9.34. The average Bonchev–Trinajstić information content (AvgIpc) is 2.93. The van der Waals surface area contributed by atoms with E-state index in [1.165, 1.54) is 25.3 Å². The minimum atomic E-state index is -0.441. The maximum Gasteiger partial charge on any atom is 0.330 e. The Morgan fingerprint density at radius 2 is 2.06 bits per heavy atom. The molecule has 3 fully saturated rings. The highest BCUT2D eigenvalue weighted by Gasteiger charge is 2.57. The zero-order chi connectivity index (χ0) is 11.3. The van der Waals surface area contributed by atoms with E-state index in [4.69, 9.17) is 4.74 Å². The van der Waals surface area contributed by atoms with Crippen molar-refractivity contribution in [3.8, 4) is 0 Å². The SMILES string of the molecule is C=CC(=O)OC1CC2C3CCC(C3)C2C1O. The first kappa shape index (κ1) is 10.3. The predicted octanol–water partition coefficient (Wildman–Crippen LogP) is 1.51. The molecule has 0 amide bonds. The van der Waals surface area contributed by atoms with Crippen LogP contribution in [0, 0.1) is 23.7 Å². The minimum absolute atomic E-state index is 0.288. The summed E-state index contributed by atoms with van der Waals surface area (Å²) < 4.78 is 5.23. The molecule has 3 aliphatic rings. The number of aliphatic hydroxyl groups excluding tert-OH is 1. The Balaban J connectivity index is 1.72. The molecular formula is C13H18O3. The molecule has 3 heteroatoms. The summed E-state index contributed by atoms with van der Waals surface area (Å²) in [7, 11) is 0. The van der Waals surface area contributed by atoms with E-state index in [9.17, 15) is 9.90 Å². The summed E-state index contributed by atoms with van der Waals surface area (Å²) in [4.78, 5) is 11.2. The Labute approximate surface area is 95.5 Å². The van der Waals surface area contributed by atoms with E-state index in [1.807, 2.05) is 0 Å². The lowest BCUT2D eigenvalue weighted by atomic mass is 9.81. The summed E-state index contributed by atoms with van der Waals surface area (Å²) in [6.07, 6.45) is 5.15. The summed E-state index contributed by atoms with van der Waals surface area (Å²) >= 11 is 0. The van der Waals surface area contributed by atoms with Crippen LogP contribution in [0.4, 0.5) is 0 Å². The quantitative estimate of drug-likeness (QED) is 0.569. The van der Waals surface area contributed by atoms with Gasteiger partial charge in [0.1, 0.15) is 6.10 Å². The lowest BCUT2D eigenvalue weighted by Crippen LogP contribution is -2.32. The van der Waals surface area contributed by atoms with Crippen LogP contribution in [-0.4, -0.2) is 23.3 Å². The first-order chi connectivity index (χ1) is 7.70. The Morgan fingerprint density at radius 1 is 1.31 bits per heavy atom. The number of ether oxygens (including phenoxy) is 1. The first-order valence-electron chi connectivity index (χ1n) is 6.22. The van der Waals surface area contributed by atoms with Gasteiger partial charge in [0.05, 0.1) is 6.10 Å². The molecule has 0 aromatic rings. The van der Waals surface area contributed by atoms with Crippen molar-refractivity contribution in [2.75, 3.05) is 0 Å². The van der Waals surface area contributed by atoms with Crippen LogP contribution in [0.25, 0.3) is 0 Å². The monoisotopic (exact) mass is 222 g/mol. The molecule has 2 bridgehead atoms. The number of fused-ring (bicyclic) bond motifs is 5. The van der Waals surface area contributed by atoms with Gasteiger partial charge in [-0.05, 0) is 49.4 Å². The largest absolute Gasteiger partial charge is 0.456 e. The van der Waals surface area contributed by atoms with Crippen molar-refractivity contribution < 1.29 is 14.6 Å². The van der Waals surface area contributed by atoms with Crippen molar-refractivity contribution in [1.82, 2.24) is 0 Å². The van der Waals surface area contributed by atoms with Crippen LogP contribution >= 0.6 is 0 Å². The third-order valence-electron chi connectivity index (χ3n) is 4.87. The van der Waals surface area contributed by atoms with E-state index >= 15 is 0 Å². The van der Waals surface area contributed by atoms with Crippen molar-refractivity contribution in [3.05, 3.63) is 12.7 Å². The molecule has 6 atom stereocenters. The van der Waals surface area contributed by atoms with Gasteiger partial charge in [0.25, 0.3) is 0 Å². The van der Waals surface area contributed by atoms with Crippen molar-refractivity contribution in [2.45, 2.75) is 37.9 Å². The van der Waals surface area contributed by atoms with Gasteiger partial charge >= 0.3 is 5.97 Å². The predicted molar refractivity (Wildman–Crippen MR) is 58.5 cm³/mol. The minimum Gasteiger partial charge on any atom is -0.456 e. The van der Waals surface area contributed by atoms with Gasteiger partial charge in [-0.15, -0.1) is 0 Å². The molecular weight excluding hydrogens is 204 g/mol. The fraction of sp³-hybridized carbons (Fsp3) is 0.769. The number of carbonyl (C=O) groups is 1. The molecule has 0 aromatic heterocycles. The van der Waals surface area contributed by atoms with E-state index in [0.29, 0.717) is 17.8 Å². The standard InChI is InChI=1S/C13H18O3/c1-2-11(14)16-10-6-9-7-3-4-8(5-7)12(9)13(10)15/h2,7-10,12-13,15H,1,3-6H2.